The summed E-state index contributed by atoms with van der Waals surface area (Å²) in [5.74, 6) is -1.56. The van der Waals surface area contributed by atoms with Crippen molar-refractivity contribution in [2.24, 2.45) is 0 Å². The van der Waals surface area contributed by atoms with Crippen LogP contribution in [0.4, 0.5) is 10.1 Å². The molecular formula is C23H21FN2O6. The van der Waals surface area contributed by atoms with Gasteiger partial charge in [0.05, 0.1) is 38.4 Å². The molecule has 4 rings (SSSR count). The van der Waals surface area contributed by atoms with Gasteiger partial charge in [0.15, 0.2) is 11.5 Å². The van der Waals surface area contributed by atoms with Crippen LogP contribution < -0.4 is 19.5 Å². The number of halogens is 1. The molecule has 32 heavy (non-hydrogen) atoms. The molecule has 0 bridgehead atoms. The maximum atomic E-state index is 14.7. The molecule has 0 fully saturated rings. The molecule has 0 spiro atoms. The summed E-state index contributed by atoms with van der Waals surface area (Å²) >= 11 is 0. The van der Waals surface area contributed by atoms with Crippen molar-refractivity contribution in [3.05, 3.63) is 65.2 Å². The van der Waals surface area contributed by atoms with Gasteiger partial charge in [-0.3, -0.25) is 4.79 Å². The highest BCUT2D eigenvalue weighted by Crippen LogP contribution is 2.46. The third kappa shape index (κ3) is 3.41. The number of hydrogen-bond acceptors (Lipinski definition) is 5. The molecule has 2 heterocycles. The fourth-order valence-corrected chi connectivity index (χ4v) is 4.05. The van der Waals surface area contributed by atoms with Crippen molar-refractivity contribution in [2.75, 3.05) is 26.6 Å². The van der Waals surface area contributed by atoms with E-state index in [4.69, 9.17) is 14.2 Å². The summed E-state index contributed by atoms with van der Waals surface area (Å²) in [5.41, 5.74) is 1.25. The molecule has 0 saturated carbocycles. The largest absolute Gasteiger partial charge is 0.493 e. The Morgan fingerprint density at radius 3 is 2.34 bits per heavy atom. The second-order valence-electron chi connectivity index (χ2n) is 7.19. The van der Waals surface area contributed by atoms with Gasteiger partial charge in [0.2, 0.25) is 11.7 Å². The fraction of sp³-hybridized carbons (Fsp3) is 0.217. The number of nitrogens with one attached hydrogen (secondary N) is 1. The smallest absolute Gasteiger partial charge is 0.339 e. The zero-order valence-corrected chi connectivity index (χ0v) is 17.6. The van der Waals surface area contributed by atoms with Crippen LogP contribution in [0, 0.1) is 5.82 Å². The normalized spacial score (nSPS) is 15.0. The van der Waals surface area contributed by atoms with Gasteiger partial charge in [0, 0.05) is 18.5 Å². The van der Waals surface area contributed by atoms with Crippen molar-refractivity contribution < 1.29 is 33.3 Å². The van der Waals surface area contributed by atoms with Gasteiger partial charge < -0.3 is 29.2 Å². The molecule has 9 heteroatoms. The lowest BCUT2D eigenvalue weighted by atomic mass is 9.87. The molecule has 0 saturated heterocycles. The minimum absolute atomic E-state index is 0.0170. The van der Waals surface area contributed by atoms with Crippen molar-refractivity contribution in [1.82, 2.24) is 4.57 Å². The predicted molar refractivity (Wildman–Crippen MR) is 114 cm³/mol. The summed E-state index contributed by atoms with van der Waals surface area (Å²) in [6.45, 7) is 0. The van der Waals surface area contributed by atoms with Crippen molar-refractivity contribution in [3.63, 3.8) is 0 Å². The predicted octanol–water partition coefficient (Wildman–Crippen LogP) is 3.81. The summed E-state index contributed by atoms with van der Waals surface area (Å²) in [7, 11) is 4.43. The Bertz CT molecular complexity index is 1190. The van der Waals surface area contributed by atoms with Gasteiger partial charge in [-0.2, -0.15) is 0 Å². The number of methoxy groups -OCH3 is 3. The lowest BCUT2D eigenvalue weighted by Crippen LogP contribution is -2.25. The molecule has 2 N–H and O–H groups in total. The lowest BCUT2D eigenvalue weighted by molar-refractivity contribution is -0.116. The first-order chi connectivity index (χ1) is 15.4. The molecule has 1 aliphatic heterocycles. The van der Waals surface area contributed by atoms with Crippen LogP contribution >= 0.6 is 0 Å². The average Bonchev–Trinajstić information content (AvgIpc) is 3.17. The van der Waals surface area contributed by atoms with Crippen LogP contribution in [-0.2, 0) is 4.79 Å². The van der Waals surface area contributed by atoms with Crippen molar-refractivity contribution in [3.8, 4) is 22.9 Å². The summed E-state index contributed by atoms with van der Waals surface area (Å²) in [4.78, 5) is 24.5. The number of benzene rings is 2. The lowest BCUT2D eigenvalue weighted by Gasteiger charge is -2.27. The number of aromatic nitrogens is 1. The Hall–Kier alpha value is -4.01. The highest BCUT2D eigenvalue weighted by molar-refractivity contribution is 6.04. The number of para-hydroxylation sites is 1. The number of anilines is 1. The Morgan fingerprint density at radius 1 is 1.12 bits per heavy atom. The van der Waals surface area contributed by atoms with Crippen LogP contribution in [0.15, 0.2) is 42.6 Å². The summed E-state index contributed by atoms with van der Waals surface area (Å²) in [6, 6.07) is 9.44. The van der Waals surface area contributed by atoms with E-state index in [1.807, 2.05) is 0 Å². The van der Waals surface area contributed by atoms with Gasteiger partial charge >= 0.3 is 5.97 Å². The van der Waals surface area contributed by atoms with E-state index in [0.717, 1.165) is 0 Å². The number of ether oxygens (including phenoxy) is 3. The van der Waals surface area contributed by atoms with E-state index in [9.17, 15) is 19.1 Å². The topological polar surface area (TPSA) is 99.0 Å². The standard InChI is InChI=1S/C23H21FN2O6/c1-30-17-8-12(9-18(31-2)22(17)32-3)13-10-19(27)25-20-14(23(28)29)11-26(21(13)20)16-7-5-4-6-15(16)24/h4-9,11,13H,10H2,1-3H3,(H,25,27)(H,28,29). The first-order valence-corrected chi connectivity index (χ1v) is 9.72. The van der Waals surface area contributed by atoms with E-state index < -0.39 is 17.7 Å². The van der Waals surface area contributed by atoms with E-state index in [2.05, 4.69) is 5.32 Å². The number of carboxylic acid groups (broad SMARTS) is 1. The molecule has 1 amide bonds. The van der Waals surface area contributed by atoms with E-state index >= 15 is 0 Å². The highest BCUT2D eigenvalue weighted by Gasteiger charge is 2.35. The fourth-order valence-electron chi connectivity index (χ4n) is 4.05. The van der Waals surface area contributed by atoms with Gasteiger partial charge in [-0.25, -0.2) is 9.18 Å². The first kappa shape index (κ1) is 21.2. The van der Waals surface area contributed by atoms with Crippen molar-refractivity contribution in [2.45, 2.75) is 12.3 Å². The Balaban J connectivity index is 2.00. The zero-order valence-electron chi connectivity index (χ0n) is 17.6. The number of carboxylic acids is 1. The maximum absolute atomic E-state index is 14.7. The molecule has 166 valence electrons. The van der Waals surface area contributed by atoms with Gasteiger partial charge in [-0.15, -0.1) is 0 Å². The SMILES string of the molecule is COc1cc(C2CC(=O)Nc3c(C(=O)O)cn(-c4ccccc4F)c32)cc(OC)c1OC. The Kier molecular flexibility index (Phi) is 5.48. The van der Waals surface area contributed by atoms with Crippen LogP contribution in [0.3, 0.4) is 0 Å². The van der Waals surface area contributed by atoms with Crippen LogP contribution in [0.5, 0.6) is 17.2 Å². The number of rotatable bonds is 6. The third-order valence-corrected chi connectivity index (χ3v) is 5.46. The average molecular weight is 440 g/mol. The Morgan fingerprint density at radius 2 is 1.78 bits per heavy atom. The molecule has 1 aliphatic rings. The van der Waals surface area contributed by atoms with Crippen LogP contribution in [-0.4, -0.2) is 42.9 Å². The third-order valence-electron chi connectivity index (χ3n) is 5.46. The quantitative estimate of drug-likeness (QED) is 0.605. The number of carbonyl (C=O) groups excluding carboxylic acids is 1. The number of amides is 1. The van der Waals surface area contributed by atoms with Crippen LogP contribution in [0.2, 0.25) is 0 Å². The van der Waals surface area contributed by atoms with Crippen LogP contribution in [0.25, 0.3) is 5.69 Å². The first-order valence-electron chi connectivity index (χ1n) is 9.72. The van der Waals surface area contributed by atoms with E-state index in [-0.39, 0.29) is 29.3 Å². The van der Waals surface area contributed by atoms with Crippen molar-refractivity contribution >= 4 is 17.6 Å². The Labute approximate surface area is 183 Å². The van der Waals surface area contributed by atoms with Crippen molar-refractivity contribution in [1.29, 1.82) is 0 Å². The number of hydrogen-bond donors (Lipinski definition) is 2. The molecular weight excluding hydrogens is 419 g/mol. The zero-order chi connectivity index (χ0) is 23.0. The monoisotopic (exact) mass is 440 g/mol. The molecule has 1 atom stereocenters. The van der Waals surface area contributed by atoms with Gasteiger partial charge in [-0.1, -0.05) is 12.1 Å². The maximum Gasteiger partial charge on any atom is 0.339 e. The molecule has 8 nitrogen and oxygen atoms in total. The molecule has 0 radical (unpaired) electrons. The number of fused-ring (bicyclic) bond motifs is 1. The van der Waals surface area contributed by atoms with E-state index in [0.29, 0.717) is 28.5 Å². The van der Waals surface area contributed by atoms with Crippen LogP contribution in [0.1, 0.15) is 34.0 Å². The van der Waals surface area contributed by atoms with Gasteiger partial charge in [-0.05, 0) is 29.8 Å². The number of nitrogens with zero attached hydrogens (tertiary/aromatic N) is 1. The second kappa shape index (κ2) is 8.26. The highest BCUT2D eigenvalue weighted by atomic mass is 19.1. The molecule has 0 aliphatic carbocycles. The second-order valence-corrected chi connectivity index (χ2v) is 7.19. The summed E-state index contributed by atoms with van der Waals surface area (Å²) < 4.78 is 32.4. The molecule has 2 aromatic carbocycles. The minimum Gasteiger partial charge on any atom is -0.493 e. The number of aromatic carboxylic acids is 1. The van der Waals surface area contributed by atoms with E-state index in [1.54, 1.807) is 30.3 Å². The summed E-state index contributed by atoms with van der Waals surface area (Å²) in [5, 5.41) is 12.4. The summed E-state index contributed by atoms with van der Waals surface area (Å²) in [6.07, 6.45) is 1.34. The molecule has 1 aromatic heterocycles. The molecule has 1 unspecified atom stereocenters. The van der Waals surface area contributed by atoms with E-state index in [1.165, 1.54) is 38.2 Å². The molecule has 3 aromatic rings. The van der Waals surface area contributed by atoms with Gasteiger partial charge in [0.25, 0.3) is 0 Å². The minimum atomic E-state index is -1.23. The number of carbonyl (C=O) groups is 2. The van der Waals surface area contributed by atoms with Gasteiger partial charge in [0.1, 0.15) is 11.4 Å².